The first-order valence-corrected chi connectivity index (χ1v) is 7.10. The van der Waals surface area contributed by atoms with E-state index in [1.807, 2.05) is 13.8 Å². The summed E-state index contributed by atoms with van der Waals surface area (Å²) in [4.78, 5) is 0. The third kappa shape index (κ3) is 3.95. The maximum atomic E-state index is 13.6. The van der Waals surface area contributed by atoms with Gasteiger partial charge in [-0.05, 0) is 38.0 Å². The van der Waals surface area contributed by atoms with Crippen molar-refractivity contribution in [2.75, 3.05) is 0 Å². The number of halogens is 2. The standard InChI is InChI=1S/C15H19ClFN3O/c1-9(18)4-11-5-12(17)7-13(6-11)21-8-14-15(16)10(2)19-20(14)3/h5-7,9H,4,8,18H2,1-3H3. The minimum atomic E-state index is -0.338. The fourth-order valence-electron chi connectivity index (χ4n) is 2.18. The van der Waals surface area contributed by atoms with Crippen LogP contribution in [0.1, 0.15) is 23.9 Å². The Morgan fingerprint density at radius 1 is 1.43 bits per heavy atom. The van der Waals surface area contributed by atoms with E-state index in [-0.39, 0.29) is 18.5 Å². The van der Waals surface area contributed by atoms with E-state index in [1.54, 1.807) is 17.8 Å². The molecule has 2 rings (SSSR count). The molecule has 0 spiro atoms. The Hall–Kier alpha value is -1.59. The van der Waals surface area contributed by atoms with E-state index in [0.717, 1.165) is 17.0 Å². The third-order valence-electron chi connectivity index (χ3n) is 3.13. The first kappa shape index (κ1) is 15.8. The second-order valence-corrected chi connectivity index (χ2v) is 5.61. The Bertz CT molecular complexity index is 640. The highest BCUT2D eigenvalue weighted by molar-refractivity contribution is 6.31. The molecular formula is C15H19ClFN3O. The van der Waals surface area contributed by atoms with Crippen molar-refractivity contribution in [1.82, 2.24) is 9.78 Å². The second kappa shape index (κ2) is 6.45. The highest BCUT2D eigenvalue weighted by Crippen LogP contribution is 2.23. The molecule has 1 aromatic carbocycles. The molecule has 4 nitrogen and oxygen atoms in total. The quantitative estimate of drug-likeness (QED) is 0.923. The molecule has 0 amide bonds. The molecule has 0 aliphatic carbocycles. The molecule has 2 N–H and O–H groups in total. The number of hydrogen-bond donors (Lipinski definition) is 1. The molecule has 21 heavy (non-hydrogen) atoms. The largest absolute Gasteiger partial charge is 0.487 e. The van der Waals surface area contributed by atoms with Gasteiger partial charge in [-0.1, -0.05) is 11.6 Å². The van der Waals surface area contributed by atoms with Crippen LogP contribution in [0.15, 0.2) is 18.2 Å². The van der Waals surface area contributed by atoms with Crippen LogP contribution in [0.5, 0.6) is 5.75 Å². The van der Waals surface area contributed by atoms with E-state index in [2.05, 4.69) is 5.10 Å². The van der Waals surface area contributed by atoms with Crippen LogP contribution in [0.25, 0.3) is 0 Å². The smallest absolute Gasteiger partial charge is 0.131 e. The number of hydrogen-bond acceptors (Lipinski definition) is 3. The fraction of sp³-hybridized carbons (Fsp3) is 0.400. The first-order valence-electron chi connectivity index (χ1n) is 6.72. The Morgan fingerprint density at radius 3 is 2.71 bits per heavy atom. The van der Waals surface area contributed by atoms with Crippen molar-refractivity contribution >= 4 is 11.6 Å². The van der Waals surface area contributed by atoms with E-state index in [9.17, 15) is 4.39 Å². The minimum Gasteiger partial charge on any atom is -0.487 e. The fourth-order valence-corrected chi connectivity index (χ4v) is 2.40. The normalized spacial score (nSPS) is 12.5. The summed E-state index contributed by atoms with van der Waals surface area (Å²) >= 11 is 6.16. The van der Waals surface area contributed by atoms with E-state index < -0.39 is 0 Å². The minimum absolute atomic E-state index is 0.0335. The van der Waals surface area contributed by atoms with Crippen LogP contribution in [-0.4, -0.2) is 15.8 Å². The molecule has 0 radical (unpaired) electrons. The van der Waals surface area contributed by atoms with Gasteiger partial charge in [-0.25, -0.2) is 4.39 Å². The maximum absolute atomic E-state index is 13.6. The van der Waals surface area contributed by atoms with Gasteiger partial charge in [0, 0.05) is 19.2 Å². The van der Waals surface area contributed by atoms with Gasteiger partial charge in [-0.3, -0.25) is 4.68 Å². The molecule has 6 heteroatoms. The second-order valence-electron chi connectivity index (χ2n) is 5.23. The van der Waals surface area contributed by atoms with Crippen LogP contribution in [0.2, 0.25) is 5.02 Å². The van der Waals surface area contributed by atoms with Crippen molar-refractivity contribution in [2.24, 2.45) is 12.8 Å². The Kier molecular flexibility index (Phi) is 4.85. The number of rotatable bonds is 5. The molecule has 0 saturated heterocycles. The highest BCUT2D eigenvalue weighted by atomic mass is 35.5. The van der Waals surface area contributed by atoms with Crippen molar-refractivity contribution in [3.63, 3.8) is 0 Å². The number of aryl methyl sites for hydroxylation is 2. The van der Waals surface area contributed by atoms with Gasteiger partial charge in [0.2, 0.25) is 0 Å². The molecule has 1 heterocycles. The topological polar surface area (TPSA) is 53.1 Å². The molecule has 0 fully saturated rings. The highest BCUT2D eigenvalue weighted by Gasteiger charge is 2.12. The molecule has 1 atom stereocenters. The van der Waals surface area contributed by atoms with Crippen molar-refractivity contribution in [3.8, 4) is 5.75 Å². The zero-order chi connectivity index (χ0) is 15.6. The van der Waals surface area contributed by atoms with Crippen LogP contribution >= 0.6 is 11.6 Å². The first-order chi connectivity index (χ1) is 9.86. The van der Waals surface area contributed by atoms with Gasteiger partial charge in [-0.15, -0.1) is 0 Å². The lowest BCUT2D eigenvalue weighted by Gasteiger charge is -2.10. The summed E-state index contributed by atoms with van der Waals surface area (Å²) in [5.74, 6) is 0.121. The van der Waals surface area contributed by atoms with Crippen molar-refractivity contribution in [2.45, 2.75) is 32.9 Å². The molecule has 0 aliphatic heterocycles. The molecular weight excluding hydrogens is 293 g/mol. The number of nitrogens with two attached hydrogens (primary N) is 1. The lowest BCUT2D eigenvalue weighted by molar-refractivity contribution is 0.293. The lowest BCUT2D eigenvalue weighted by atomic mass is 10.1. The van der Waals surface area contributed by atoms with E-state index in [1.165, 1.54) is 12.1 Å². The molecule has 0 bridgehead atoms. The summed E-state index contributed by atoms with van der Waals surface area (Å²) in [6.07, 6.45) is 0.597. The Balaban J connectivity index is 2.14. The summed E-state index contributed by atoms with van der Waals surface area (Å²) in [6, 6.07) is 4.58. The van der Waals surface area contributed by atoms with Gasteiger partial charge >= 0.3 is 0 Å². The number of aromatic nitrogens is 2. The van der Waals surface area contributed by atoms with Crippen molar-refractivity contribution in [3.05, 3.63) is 46.0 Å². The number of nitrogens with zero attached hydrogens (tertiary/aromatic N) is 2. The summed E-state index contributed by atoms with van der Waals surface area (Å²) in [7, 11) is 1.80. The summed E-state index contributed by atoms with van der Waals surface area (Å²) in [6.45, 7) is 3.94. The Morgan fingerprint density at radius 2 is 2.14 bits per heavy atom. The predicted octanol–water partition coefficient (Wildman–Crippen LogP) is 2.99. The molecule has 0 saturated carbocycles. The monoisotopic (exact) mass is 311 g/mol. The average Bonchev–Trinajstić information content (AvgIpc) is 2.59. The molecule has 114 valence electrons. The maximum Gasteiger partial charge on any atom is 0.131 e. The third-order valence-corrected chi connectivity index (χ3v) is 3.62. The van der Waals surface area contributed by atoms with Crippen LogP contribution < -0.4 is 10.5 Å². The van der Waals surface area contributed by atoms with Gasteiger partial charge in [0.25, 0.3) is 0 Å². The van der Waals surface area contributed by atoms with Crippen molar-refractivity contribution in [1.29, 1.82) is 0 Å². The van der Waals surface area contributed by atoms with E-state index in [0.29, 0.717) is 17.2 Å². The zero-order valence-electron chi connectivity index (χ0n) is 12.4. The summed E-state index contributed by atoms with van der Waals surface area (Å²) in [5, 5.41) is 4.79. The SMILES string of the molecule is Cc1nn(C)c(COc2cc(F)cc(CC(C)N)c2)c1Cl. The number of benzene rings is 1. The van der Waals surface area contributed by atoms with E-state index in [4.69, 9.17) is 22.1 Å². The zero-order valence-corrected chi connectivity index (χ0v) is 13.1. The van der Waals surface area contributed by atoms with Crippen LogP contribution in [0.3, 0.4) is 0 Å². The van der Waals surface area contributed by atoms with Gasteiger partial charge in [0.05, 0.1) is 16.4 Å². The van der Waals surface area contributed by atoms with Crippen LogP contribution in [-0.2, 0) is 20.1 Å². The predicted molar refractivity (Wildman–Crippen MR) is 81.0 cm³/mol. The van der Waals surface area contributed by atoms with Crippen LogP contribution in [0, 0.1) is 12.7 Å². The summed E-state index contributed by atoms with van der Waals surface area (Å²) in [5.41, 5.74) is 8.05. The van der Waals surface area contributed by atoms with Gasteiger partial charge in [0.1, 0.15) is 18.2 Å². The lowest BCUT2D eigenvalue weighted by Crippen LogP contribution is -2.17. The molecule has 0 aliphatic rings. The van der Waals surface area contributed by atoms with Crippen molar-refractivity contribution < 1.29 is 9.13 Å². The average molecular weight is 312 g/mol. The summed E-state index contributed by atoms with van der Waals surface area (Å²) < 4.78 is 20.9. The molecule has 1 unspecified atom stereocenters. The molecule has 1 aromatic heterocycles. The Labute approximate surface area is 128 Å². The van der Waals surface area contributed by atoms with Gasteiger partial charge < -0.3 is 10.5 Å². The molecule has 2 aromatic rings. The van der Waals surface area contributed by atoms with Gasteiger partial charge in [0.15, 0.2) is 0 Å². The number of ether oxygens (including phenoxy) is 1. The van der Waals surface area contributed by atoms with E-state index >= 15 is 0 Å². The van der Waals surface area contributed by atoms with Gasteiger partial charge in [-0.2, -0.15) is 5.10 Å². The van der Waals surface area contributed by atoms with Crippen LogP contribution in [0.4, 0.5) is 4.39 Å².